The van der Waals surface area contributed by atoms with Crippen molar-refractivity contribution < 1.29 is 0 Å². The molecule has 2 saturated heterocycles. The third kappa shape index (κ3) is 2.83. The molecular weight excluding hydrogens is 210 g/mol. The molecule has 3 rings (SSSR count). The lowest BCUT2D eigenvalue weighted by molar-refractivity contribution is 0.184. The highest BCUT2D eigenvalue weighted by molar-refractivity contribution is 4.93. The van der Waals surface area contributed by atoms with Crippen LogP contribution >= 0.6 is 0 Å². The molecule has 1 saturated carbocycles. The summed E-state index contributed by atoms with van der Waals surface area (Å²) >= 11 is 0. The topological polar surface area (TPSA) is 18.5 Å². The molecular formula is C14H27N3. The van der Waals surface area contributed by atoms with E-state index in [2.05, 4.69) is 22.0 Å². The van der Waals surface area contributed by atoms with Gasteiger partial charge >= 0.3 is 0 Å². The van der Waals surface area contributed by atoms with E-state index in [1.54, 1.807) is 0 Å². The minimum atomic E-state index is 0.768. The van der Waals surface area contributed by atoms with Crippen LogP contribution in [0.2, 0.25) is 0 Å². The van der Waals surface area contributed by atoms with E-state index < -0.39 is 0 Å². The van der Waals surface area contributed by atoms with Crippen molar-refractivity contribution >= 4 is 0 Å². The molecule has 1 aliphatic carbocycles. The lowest BCUT2D eigenvalue weighted by Gasteiger charge is -2.30. The molecule has 0 aromatic heterocycles. The van der Waals surface area contributed by atoms with Crippen molar-refractivity contribution in [2.24, 2.45) is 0 Å². The first-order chi connectivity index (χ1) is 8.36. The van der Waals surface area contributed by atoms with E-state index in [0.717, 1.165) is 18.1 Å². The number of nitrogens with zero attached hydrogens (tertiary/aromatic N) is 2. The molecule has 2 atom stereocenters. The van der Waals surface area contributed by atoms with Crippen molar-refractivity contribution in [2.45, 2.75) is 57.2 Å². The number of rotatable bonds is 5. The molecule has 2 unspecified atom stereocenters. The van der Waals surface area contributed by atoms with Crippen molar-refractivity contribution in [3.63, 3.8) is 0 Å². The second kappa shape index (κ2) is 5.25. The fraction of sp³-hybridized carbons (Fsp3) is 1.00. The van der Waals surface area contributed by atoms with Crippen molar-refractivity contribution in [1.82, 2.24) is 15.1 Å². The van der Waals surface area contributed by atoms with E-state index in [4.69, 9.17) is 0 Å². The summed E-state index contributed by atoms with van der Waals surface area (Å²) in [5.41, 5.74) is 0. The van der Waals surface area contributed by atoms with Crippen LogP contribution in [-0.2, 0) is 0 Å². The van der Waals surface area contributed by atoms with Gasteiger partial charge in [0.15, 0.2) is 0 Å². The van der Waals surface area contributed by atoms with Gasteiger partial charge in [-0.15, -0.1) is 0 Å². The minimum absolute atomic E-state index is 0.768. The Morgan fingerprint density at radius 1 is 1.24 bits per heavy atom. The highest BCUT2D eigenvalue weighted by Gasteiger charge is 2.36. The fourth-order valence-electron chi connectivity index (χ4n) is 3.57. The van der Waals surface area contributed by atoms with Gasteiger partial charge in [0.05, 0.1) is 0 Å². The van der Waals surface area contributed by atoms with Crippen LogP contribution in [0.15, 0.2) is 0 Å². The Morgan fingerprint density at radius 2 is 2.12 bits per heavy atom. The average Bonchev–Trinajstić information content (AvgIpc) is 2.89. The maximum absolute atomic E-state index is 3.64. The minimum Gasteiger partial charge on any atom is -0.313 e. The van der Waals surface area contributed by atoms with Crippen molar-refractivity contribution in [3.05, 3.63) is 0 Å². The van der Waals surface area contributed by atoms with Gasteiger partial charge in [-0.2, -0.15) is 0 Å². The fourth-order valence-corrected chi connectivity index (χ4v) is 3.57. The molecule has 0 spiro atoms. The van der Waals surface area contributed by atoms with Crippen LogP contribution in [-0.4, -0.2) is 60.6 Å². The van der Waals surface area contributed by atoms with Crippen LogP contribution in [0.3, 0.4) is 0 Å². The Morgan fingerprint density at radius 3 is 2.76 bits per heavy atom. The first kappa shape index (κ1) is 11.9. The first-order valence-electron chi connectivity index (χ1n) is 7.58. The Balaban J connectivity index is 1.49. The van der Waals surface area contributed by atoms with E-state index in [-0.39, 0.29) is 0 Å². The van der Waals surface area contributed by atoms with Gasteiger partial charge in [0.2, 0.25) is 0 Å². The predicted octanol–water partition coefficient (Wildman–Crippen LogP) is 1.30. The second-order valence-electron chi connectivity index (χ2n) is 6.05. The zero-order chi connectivity index (χ0) is 11.7. The SMILES string of the molecule is CCN(CC1CCCN1)C1CCN(C2CC2)C1. The Hall–Kier alpha value is -0.120. The molecule has 0 radical (unpaired) electrons. The quantitative estimate of drug-likeness (QED) is 0.777. The summed E-state index contributed by atoms with van der Waals surface area (Å²) in [5.74, 6) is 0. The first-order valence-corrected chi connectivity index (χ1v) is 7.58. The van der Waals surface area contributed by atoms with Gasteiger partial charge < -0.3 is 5.32 Å². The van der Waals surface area contributed by atoms with E-state index in [0.29, 0.717) is 0 Å². The molecule has 0 aromatic carbocycles. The summed E-state index contributed by atoms with van der Waals surface area (Å²) in [6, 6.07) is 2.57. The standard InChI is InChI=1S/C14H27N3/c1-2-16(10-12-4-3-8-15-12)14-7-9-17(11-14)13-5-6-13/h12-15H,2-11H2,1H3. The summed E-state index contributed by atoms with van der Waals surface area (Å²) in [7, 11) is 0. The number of likely N-dealkylation sites (N-methyl/N-ethyl adjacent to an activating group) is 1. The van der Waals surface area contributed by atoms with Gasteiger partial charge in [-0.25, -0.2) is 0 Å². The summed E-state index contributed by atoms with van der Waals surface area (Å²) < 4.78 is 0. The second-order valence-corrected chi connectivity index (χ2v) is 6.05. The normalized spacial score (nSPS) is 34.9. The molecule has 98 valence electrons. The Kier molecular flexibility index (Phi) is 3.69. The van der Waals surface area contributed by atoms with E-state index in [1.807, 2.05) is 0 Å². The molecule has 2 aliphatic heterocycles. The largest absolute Gasteiger partial charge is 0.313 e. The maximum Gasteiger partial charge on any atom is 0.0235 e. The highest BCUT2D eigenvalue weighted by atomic mass is 15.3. The van der Waals surface area contributed by atoms with Crippen LogP contribution in [0.5, 0.6) is 0 Å². The van der Waals surface area contributed by atoms with E-state index >= 15 is 0 Å². The lowest BCUT2D eigenvalue weighted by atomic mass is 10.1. The molecule has 0 bridgehead atoms. The summed E-state index contributed by atoms with van der Waals surface area (Å²) in [4.78, 5) is 5.46. The number of nitrogens with one attached hydrogen (secondary N) is 1. The zero-order valence-electron chi connectivity index (χ0n) is 11.2. The number of hydrogen-bond donors (Lipinski definition) is 1. The number of hydrogen-bond acceptors (Lipinski definition) is 3. The summed E-state index contributed by atoms with van der Waals surface area (Å²) in [6.07, 6.45) is 7.08. The molecule has 17 heavy (non-hydrogen) atoms. The van der Waals surface area contributed by atoms with Gasteiger partial charge in [0, 0.05) is 37.8 Å². The van der Waals surface area contributed by atoms with Crippen molar-refractivity contribution in [3.8, 4) is 0 Å². The van der Waals surface area contributed by atoms with E-state index in [9.17, 15) is 0 Å². The summed E-state index contributed by atoms with van der Waals surface area (Å²) in [6.45, 7) is 8.76. The maximum atomic E-state index is 3.64. The van der Waals surface area contributed by atoms with Crippen molar-refractivity contribution in [1.29, 1.82) is 0 Å². The molecule has 3 nitrogen and oxygen atoms in total. The molecule has 1 N–H and O–H groups in total. The third-order valence-corrected chi connectivity index (χ3v) is 4.80. The van der Waals surface area contributed by atoms with Gasteiger partial charge in [-0.05, 0) is 45.2 Å². The molecule has 3 fully saturated rings. The van der Waals surface area contributed by atoms with Crippen molar-refractivity contribution in [2.75, 3.05) is 32.7 Å². The van der Waals surface area contributed by atoms with Crippen LogP contribution in [0.1, 0.15) is 39.0 Å². The Bertz CT molecular complexity index is 246. The van der Waals surface area contributed by atoms with Gasteiger partial charge in [0.1, 0.15) is 0 Å². The highest BCUT2D eigenvalue weighted by Crippen LogP contribution is 2.31. The molecule has 2 heterocycles. The Labute approximate surface area is 106 Å². The van der Waals surface area contributed by atoms with Gasteiger partial charge in [-0.3, -0.25) is 9.80 Å². The van der Waals surface area contributed by atoms with Crippen LogP contribution in [0.25, 0.3) is 0 Å². The summed E-state index contributed by atoms with van der Waals surface area (Å²) in [5, 5.41) is 3.64. The lowest BCUT2D eigenvalue weighted by Crippen LogP contribution is -2.44. The van der Waals surface area contributed by atoms with Crippen LogP contribution in [0.4, 0.5) is 0 Å². The van der Waals surface area contributed by atoms with Crippen LogP contribution < -0.4 is 5.32 Å². The van der Waals surface area contributed by atoms with Crippen LogP contribution in [0, 0.1) is 0 Å². The number of likely N-dealkylation sites (tertiary alicyclic amines) is 1. The third-order valence-electron chi connectivity index (χ3n) is 4.80. The molecule has 3 heteroatoms. The monoisotopic (exact) mass is 237 g/mol. The zero-order valence-corrected chi connectivity index (χ0v) is 11.2. The van der Waals surface area contributed by atoms with Gasteiger partial charge in [0.25, 0.3) is 0 Å². The van der Waals surface area contributed by atoms with Gasteiger partial charge in [-0.1, -0.05) is 6.92 Å². The van der Waals surface area contributed by atoms with E-state index in [1.165, 1.54) is 64.8 Å². The predicted molar refractivity (Wildman–Crippen MR) is 71.3 cm³/mol. The molecule has 0 aromatic rings. The molecule has 0 amide bonds. The molecule has 3 aliphatic rings. The smallest absolute Gasteiger partial charge is 0.0235 e. The average molecular weight is 237 g/mol.